The zero-order chi connectivity index (χ0) is 17.0. The number of hydrogen-bond donors (Lipinski definition) is 2. The highest BCUT2D eigenvalue weighted by molar-refractivity contribution is 7.80. The Morgan fingerprint density at radius 3 is 2.48 bits per heavy atom. The third-order valence-corrected chi connectivity index (χ3v) is 3.57. The molecule has 0 saturated heterocycles. The third kappa shape index (κ3) is 4.44. The average Bonchev–Trinajstić information content (AvgIpc) is 2.50. The minimum atomic E-state index is -0.503. The van der Waals surface area contributed by atoms with Gasteiger partial charge in [-0.1, -0.05) is 23.2 Å². The Labute approximate surface area is 147 Å². The molecule has 0 aromatic heterocycles. The van der Waals surface area contributed by atoms with Gasteiger partial charge in [0.25, 0.3) is 5.69 Å². The van der Waals surface area contributed by atoms with Crippen LogP contribution >= 0.6 is 35.4 Å². The lowest BCUT2D eigenvalue weighted by atomic mass is 10.2. The third-order valence-electron chi connectivity index (χ3n) is 2.82. The molecule has 120 valence electrons. The number of halogens is 2. The van der Waals surface area contributed by atoms with Crippen molar-refractivity contribution in [2.45, 2.75) is 0 Å². The van der Waals surface area contributed by atoms with Crippen LogP contribution in [0.2, 0.25) is 10.0 Å². The maximum atomic E-state index is 10.9. The molecular weight excluding hydrogens is 361 g/mol. The maximum Gasteiger partial charge on any atom is 0.271 e. The number of nitrogens with one attached hydrogen (secondary N) is 2. The number of rotatable bonds is 4. The number of hydrogen-bond acceptors (Lipinski definition) is 4. The summed E-state index contributed by atoms with van der Waals surface area (Å²) in [6.45, 7) is 0. The van der Waals surface area contributed by atoms with E-state index in [9.17, 15) is 10.1 Å². The quantitative estimate of drug-likeness (QED) is 0.460. The van der Waals surface area contributed by atoms with Gasteiger partial charge in [-0.25, -0.2) is 0 Å². The molecule has 0 aliphatic carbocycles. The van der Waals surface area contributed by atoms with Crippen LogP contribution in [0.3, 0.4) is 0 Å². The molecule has 2 rings (SSSR count). The topological polar surface area (TPSA) is 76.4 Å². The van der Waals surface area contributed by atoms with Crippen LogP contribution in [0.15, 0.2) is 36.4 Å². The average molecular weight is 372 g/mol. The second-order valence-electron chi connectivity index (χ2n) is 4.34. The van der Waals surface area contributed by atoms with Gasteiger partial charge in [-0.3, -0.25) is 10.1 Å². The van der Waals surface area contributed by atoms with Crippen molar-refractivity contribution in [3.63, 3.8) is 0 Å². The number of methoxy groups -OCH3 is 1. The van der Waals surface area contributed by atoms with Gasteiger partial charge < -0.3 is 15.4 Å². The fraction of sp³-hybridized carbons (Fsp3) is 0.0714. The predicted octanol–water partition coefficient (Wildman–Crippen LogP) is 4.72. The molecule has 0 spiro atoms. The maximum absolute atomic E-state index is 10.9. The van der Waals surface area contributed by atoms with Gasteiger partial charge in [0, 0.05) is 17.2 Å². The summed E-state index contributed by atoms with van der Waals surface area (Å²) in [7, 11) is 1.46. The van der Waals surface area contributed by atoms with E-state index in [1.165, 1.54) is 25.3 Å². The summed E-state index contributed by atoms with van der Waals surface area (Å²) in [6.07, 6.45) is 0. The predicted molar refractivity (Wildman–Crippen MR) is 96.0 cm³/mol. The first-order valence-corrected chi connectivity index (χ1v) is 7.42. The largest absolute Gasteiger partial charge is 0.495 e. The molecule has 0 aliphatic heterocycles. The molecule has 0 aliphatic rings. The van der Waals surface area contributed by atoms with Gasteiger partial charge in [0.15, 0.2) is 5.11 Å². The van der Waals surface area contributed by atoms with Crippen molar-refractivity contribution in [2.24, 2.45) is 0 Å². The molecule has 0 bridgehead atoms. The molecule has 2 N–H and O–H groups in total. The van der Waals surface area contributed by atoms with Gasteiger partial charge in [-0.2, -0.15) is 0 Å². The van der Waals surface area contributed by atoms with Gasteiger partial charge in [0.2, 0.25) is 0 Å². The minimum absolute atomic E-state index is 0.0828. The molecule has 0 saturated carbocycles. The van der Waals surface area contributed by atoms with Crippen LogP contribution in [-0.4, -0.2) is 17.1 Å². The standard InChI is InChI=1S/C14H11Cl2N3O3S/c1-22-13-5-3-9(19(20)21)7-12(13)18-14(23)17-11-4-2-8(15)6-10(11)16/h2-7H,1H3,(H2,17,18,23). The van der Waals surface area contributed by atoms with Gasteiger partial charge in [0.1, 0.15) is 5.75 Å². The molecule has 6 nitrogen and oxygen atoms in total. The highest BCUT2D eigenvalue weighted by atomic mass is 35.5. The molecule has 0 fully saturated rings. The first kappa shape index (κ1) is 17.3. The van der Waals surface area contributed by atoms with E-state index in [1.807, 2.05) is 0 Å². The summed E-state index contributed by atoms with van der Waals surface area (Å²) in [5.41, 5.74) is 0.836. The Kier molecular flexibility index (Phi) is 5.59. The molecule has 0 unspecified atom stereocenters. The Balaban J connectivity index is 2.19. The van der Waals surface area contributed by atoms with E-state index in [0.717, 1.165) is 0 Å². The monoisotopic (exact) mass is 371 g/mol. The summed E-state index contributed by atoms with van der Waals surface area (Å²) in [5.74, 6) is 0.418. The van der Waals surface area contributed by atoms with Crippen molar-refractivity contribution in [1.82, 2.24) is 0 Å². The molecule has 2 aromatic rings. The zero-order valence-electron chi connectivity index (χ0n) is 11.8. The molecule has 0 amide bonds. The first-order chi connectivity index (χ1) is 10.9. The van der Waals surface area contributed by atoms with E-state index in [1.54, 1.807) is 18.2 Å². The SMILES string of the molecule is COc1ccc([N+](=O)[O-])cc1NC(=S)Nc1ccc(Cl)cc1Cl. The lowest BCUT2D eigenvalue weighted by Gasteiger charge is -2.14. The molecule has 23 heavy (non-hydrogen) atoms. The van der Waals surface area contributed by atoms with Crippen molar-refractivity contribution in [3.8, 4) is 5.75 Å². The number of nitro groups is 1. The van der Waals surface area contributed by atoms with Crippen LogP contribution in [0.5, 0.6) is 5.75 Å². The van der Waals surface area contributed by atoms with Gasteiger partial charge >= 0.3 is 0 Å². The van der Waals surface area contributed by atoms with Crippen LogP contribution in [0.25, 0.3) is 0 Å². The van der Waals surface area contributed by atoms with E-state index in [2.05, 4.69) is 10.6 Å². The lowest BCUT2D eigenvalue weighted by Crippen LogP contribution is -2.19. The summed E-state index contributed by atoms with van der Waals surface area (Å²) < 4.78 is 5.15. The van der Waals surface area contributed by atoms with Crippen molar-refractivity contribution in [2.75, 3.05) is 17.7 Å². The molecule has 0 heterocycles. The number of non-ortho nitro benzene ring substituents is 1. The fourth-order valence-electron chi connectivity index (χ4n) is 1.77. The highest BCUT2D eigenvalue weighted by Gasteiger charge is 2.13. The van der Waals surface area contributed by atoms with Crippen LogP contribution in [0.4, 0.5) is 17.1 Å². The van der Waals surface area contributed by atoms with E-state index < -0.39 is 4.92 Å². The second kappa shape index (κ2) is 7.45. The number of benzene rings is 2. The molecule has 0 atom stereocenters. The Morgan fingerprint density at radius 2 is 1.87 bits per heavy atom. The van der Waals surface area contributed by atoms with Gasteiger partial charge in [-0.15, -0.1) is 0 Å². The van der Waals surface area contributed by atoms with Crippen LogP contribution in [0.1, 0.15) is 0 Å². The fourth-order valence-corrected chi connectivity index (χ4v) is 2.45. The molecular formula is C14H11Cl2N3O3S. The van der Waals surface area contributed by atoms with E-state index in [0.29, 0.717) is 27.2 Å². The summed E-state index contributed by atoms with van der Waals surface area (Å²) >= 11 is 17.1. The zero-order valence-corrected chi connectivity index (χ0v) is 14.1. The van der Waals surface area contributed by atoms with Crippen LogP contribution in [-0.2, 0) is 0 Å². The number of anilines is 2. The van der Waals surface area contributed by atoms with E-state index >= 15 is 0 Å². The molecule has 9 heteroatoms. The lowest BCUT2D eigenvalue weighted by molar-refractivity contribution is -0.384. The van der Waals surface area contributed by atoms with E-state index in [-0.39, 0.29) is 10.8 Å². The van der Waals surface area contributed by atoms with Crippen LogP contribution < -0.4 is 15.4 Å². The Hall–Kier alpha value is -2.09. The van der Waals surface area contributed by atoms with Gasteiger partial charge in [-0.05, 0) is 36.5 Å². The van der Waals surface area contributed by atoms with Crippen LogP contribution in [0, 0.1) is 10.1 Å². The Bertz CT molecular complexity index is 771. The van der Waals surface area contributed by atoms with Crippen molar-refractivity contribution < 1.29 is 9.66 Å². The molecule has 2 aromatic carbocycles. The number of nitrogens with zero attached hydrogens (tertiary/aromatic N) is 1. The summed E-state index contributed by atoms with van der Waals surface area (Å²) in [4.78, 5) is 10.4. The smallest absolute Gasteiger partial charge is 0.271 e. The summed E-state index contributed by atoms with van der Waals surface area (Å²) in [6, 6.07) is 9.06. The van der Waals surface area contributed by atoms with Gasteiger partial charge in [0.05, 0.1) is 28.4 Å². The van der Waals surface area contributed by atoms with Crippen molar-refractivity contribution in [1.29, 1.82) is 0 Å². The van der Waals surface area contributed by atoms with Crippen molar-refractivity contribution in [3.05, 3.63) is 56.6 Å². The van der Waals surface area contributed by atoms with E-state index in [4.69, 9.17) is 40.2 Å². The Morgan fingerprint density at radius 1 is 1.17 bits per heavy atom. The normalized spacial score (nSPS) is 10.0. The second-order valence-corrected chi connectivity index (χ2v) is 5.60. The summed E-state index contributed by atoms with van der Waals surface area (Å²) in [5, 5.41) is 17.7. The number of ether oxygens (including phenoxy) is 1. The number of thiocarbonyl (C=S) groups is 1. The number of nitro benzene ring substituents is 1. The van der Waals surface area contributed by atoms with Crippen molar-refractivity contribution >= 4 is 57.6 Å². The molecule has 0 radical (unpaired) electrons. The minimum Gasteiger partial charge on any atom is -0.495 e. The highest BCUT2D eigenvalue weighted by Crippen LogP contribution is 2.30. The first-order valence-electron chi connectivity index (χ1n) is 6.26.